The normalized spacial score (nSPS) is 22.4. The quantitative estimate of drug-likeness (QED) is 0.239. The van der Waals surface area contributed by atoms with E-state index in [0.29, 0.717) is 48.7 Å². The molecule has 0 spiro atoms. The van der Waals surface area contributed by atoms with Crippen LogP contribution in [0.3, 0.4) is 0 Å². The fraction of sp³-hybridized carbons (Fsp3) is 0.375. The second kappa shape index (κ2) is 13.6. The maximum Gasteiger partial charge on any atom is 0.255 e. The number of hydrogen-bond donors (Lipinski definition) is 3. The number of halogens is 1. The number of phenols is 1. The molecule has 54 heavy (non-hydrogen) atoms. The third-order valence-corrected chi connectivity index (χ3v) is 11.5. The molecule has 3 amide bonds. The number of aryl methyl sites for hydroxylation is 1. The van der Waals surface area contributed by atoms with Crippen molar-refractivity contribution in [2.24, 2.45) is 0 Å². The lowest BCUT2D eigenvalue weighted by Gasteiger charge is -2.36. The lowest BCUT2D eigenvalue weighted by molar-refractivity contribution is -0.136. The number of hydrogen-bond acceptors (Lipinski definition) is 11. The van der Waals surface area contributed by atoms with Gasteiger partial charge < -0.3 is 29.9 Å². The molecule has 3 atom stereocenters. The fourth-order valence-electron chi connectivity index (χ4n) is 8.50. The van der Waals surface area contributed by atoms with Gasteiger partial charge in [-0.05, 0) is 72.5 Å². The molecule has 3 N–H and O–H groups in total. The zero-order valence-corrected chi connectivity index (χ0v) is 29.9. The highest BCUT2D eigenvalue weighted by Crippen LogP contribution is 2.39. The molecule has 5 aliphatic heterocycles. The first kappa shape index (κ1) is 34.0. The van der Waals surface area contributed by atoms with Crippen LogP contribution >= 0.6 is 0 Å². The first-order valence-electron chi connectivity index (χ1n) is 18.6. The SMILES string of the molecule is Cc1cc(O[C@@H]2C[C@@H]3CNc4nnc(-c5cccc(F)c5O)cc4N3C2)ccc1CN1CCN(c2ccc3c(c2)C(=O)N(C2CCC(=O)NC2=O)C3)CC1. The van der Waals surface area contributed by atoms with E-state index >= 15 is 0 Å². The van der Waals surface area contributed by atoms with E-state index < -0.39 is 23.5 Å². The van der Waals surface area contributed by atoms with Gasteiger partial charge in [0.15, 0.2) is 17.4 Å². The first-order chi connectivity index (χ1) is 26.2. The molecule has 6 heterocycles. The molecular weight excluding hydrogens is 691 g/mol. The van der Waals surface area contributed by atoms with Crippen molar-refractivity contribution in [3.63, 3.8) is 0 Å². The third-order valence-electron chi connectivity index (χ3n) is 11.5. The Balaban J connectivity index is 0.797. The highest BCUT2D eigenvalue weighted by atomic mass is 19.1. The van der Waals surface area contributed by atoms with E-state index in [-0.39, 0.29) is 30.4 Å². The maximum absolute atomic E-state index is 14.1. The average Bonchev–Trinajstić information content (AvgIpc) is 3.74. The summed E-state index contributed by atoms with van der Waals surface area (Å²) in [6.07, 6.45) is 1.39. The van der Waals surface area contributed by atoms with Crippen molar-refractivity contribution < 1.29 is 28.6 Å². The Morgan fingerprint density at radius 1 is 0.963 bits per heavy atom. The van der Waals surface area contributed by atoms with Gasteiger partial charge >= 0.3 is 0 Å². The van der Waals surface area contributed by atoms with Gasteiger partial charge in [0.25, 0.3) is 5.91 Å². The standard InChI is InChI=1S/C40H41FN8O5/c1-23-15-28(54-29-16-27-19-42-38-35(48(27)22-29)18-33(44-45-38)30-3-2-4-32(41)37(30)51)8-6-24(23)20-46-11-13-47(14-12-46)26-7-5-25-21-49(40(53)31(25)17-26)34-9-10-36(50)43-39(34)52/h2-8,15,17-18,27,29,34,51H,9-14,16,19-22H2,1H3,(H,42,45)(H,43,50,52)/t27-,29-,34?/m1/s1. The Hall–Kier alpha value is -5.76. The summed E-state index contributed by atoms with van der Waals surface area (Å²) in [6, 6.07) is 18.2. The van der Waals surface area contributed by atoms with E-state index in [9.17, 15) is 23.9 Å². The van der Waals surface area contributed by atoms with Gasteiger partial charge in [0, 0.05) is 75.5 Å². The number of rotatable bonds is 7. The summed E-state index contributed by atoms with van der Waals surface area (Å²) in [4.78, 5) is 46.0. The van der Waals surface area contributed by atoms with Crippen molar-refractivity contribution in [3.8, 4) is 22.8 Å². The molecular formula is C40H41FN8O5. The molecule has 278 valence electrons. The van der Waals surface area contributed by atoms with Gasteiger partial charge in [-0.1, -0.05) is 18.2 Å². The number of carbonyl (C=O) groups is 3. The van der Waals surface area contributed by atoms with Crippen LogP contribution in [0.25, 0.3) is 11.3 Å². The Morgan fingerprint density at radius 3 is 2.63 bits per heavy atom. The number of benzene rings is 3. The lowest BCUT2D eigenvalue weighted by atomic mass is 10.0. The second-order valence-electron chi connectivity index (χ2n) is 14.9. The number of imide groups is 1. The number of fused-ring (bicyclic) bond motifs is 4. The molecule has 1 unspecified atom stereocenters. The predicted molar refractivity (Wildman–Crippen MR) is 199 cm³/mol. The van der Waals surface area contributed by atoms with E-state index in [1.54, 1.807) is 17.0 Å². The van der Waals surface area contributed by atoms with Crippen LogP contribution in [-0.4, -0.2) is 100 Å². The van der Waals surface area contributed by atoms with Crippen molar-refractivity contribution in [1.29, 1.82) is 0 Å². The Kier molecular flexibility index (Phi) is 8.56. The molecule has 1 aromatic heterocycles. The maximum atomic E-state index is 14.1. The molecule has 4 aromatic rings. The van der Waals surface area contributed by atoms with Crippen LogP contribution in [0, 0.1) is 12.7 Å². The molecule has 14 heteroatoms. The molecule has 3 saturated heterocycles. The topological polar surface area (TPSA) is 143 Å². The summed E-state index contributed by atoms with van der Waals surface area (Å²) in [6.45, 7) is 8.14. The van der Waals surface area contributed by atoms with Gasteiger partial charge in [-0.3, -0.25) is 24.6 Å². The number of aromatic nitrogens is 2. The Labute approximate surface area is 311 Å². The average molecular weight is 733 g/mol. The van der Waals surface area contributed by atoms with Crippen LogP contribution in [0.5, 0.6) is 11.5 Å². The Morgan fingerprint density at radius 2 is 1.81 bits per heavy atom. The number of nitrogens with one attached hydrogen (secondary N) is 2. The summed E-state index contributed by atoms with van der Waals surface area (Å²) in [5.74, 6) is -0.475. The van der Waals surface area contributed by atoms with Crippen LogP contribution in [0.2, 0.25) is 0 Å². The van der Waals surface area contributed by atoms with Crippen molar-refractivity contribution in [2.45, 2.75) is 57.5 Å². The number of carbonyl (C=O) groups excluding carboxylic acids is 3. The van der Waals surface area contributed by atoms with Crippen LogP contribution in [-0.2, 0) is 22.7 Å². The van der Waals surface area contributed by atoms with Gasteiger partial charge in [-0.15, -0.1) is 10.2 Å². The van der Waals surface area contributed by atoms with Crippen LogP contribution in [0.15, 0.2) is 60.7 Å². The number of piperidine rings is 1. The summed E-state index contributed by atoms with van der Waals surface area (Å²) in [5, 5.41) is 24.6. The third kappa shape index (κ3) is 6.23. The summed E-state index contributed by atoms with van der Waals surface area (Å²) in [7, 11) is 0. The number of phenolic OH excluding ortho intramolecular Hbond substituents is 1. The van der Waals surface area contributed by atoms with Gasteiger partial charge in [-0.2, -0.15) is 0 Å². The zero-order chi connectivity index (χ0) is 37.1. The minimum Gasteiger partial charge on any atom is -0.504 e. The largest absolute Gasteiger partial charge is 0.504 e. The summed E-state index contributed by atoms with van der Waals surface area (Å²) < 4.78 is 20.6. The van der Waals surface area contributed by atoms with Crippen molar-refractivity contribution >= 4 is 34.9 Å². The molecule has 3 fully saturated rings. The summed E-state index contributed by atoms with van der Waals surface area (Å²) in [5.41, 5.74) is 6.55. The molecule has 13 nitrogen and oxygen atoms in total. The van der Waals surface area contributed by atoms with Crippen molar-refractivity contribution in [2.75, 3.05) is 54.4 Å². The first-order valence-corrected chi connectivity index (χ1v) is 18.6. The fourth-order valence-corrected chi connectivity index (χ4v) is 8.50. The lowest BCUT2D eigenvalue weighted by Crippen LogP contribution is -2.52. The molecule has 3 aromatic carbocycles. The van der Waals surface area contributed by atoms with Gasteiger partial charge in [0.1, 0.15) is 17.9 Å². The van der Waals surface area contributed by atoms with Crippen LogP contribution in [0.1, 0.15) is 46.3 Å². The van der Waals surface area contributed by atoms with E-state index in [1.807, 2.05) is 18.2 Å². The highest BCUT2D eigenvalue weighted by Gasteiger charge is 2.40. The number of ether oxygens (including phenoxy) is 1. The van der Waals surface area contributed by atoms with E-state index in [2.05, 4.69) is 66.7 Å². The molecule has 5 aliphatic rings. The van der Waals surface area contributed by atoms with Crippen molar-refractivity contribution in [3.05, 3.63) is 88.7 Å². The van der Waals surface area contributed by atoms with Gasteiger partial charge in [-0.25, -0.2) is 4.39 Å². The van der Waals surface area contributed by atoms with Crippen LogP contribution in [0.4, 0.5) is 21.6 Å². The van der Waals surface area contributed by atoms with Crippen LogP contribution < -0.4 is 25.2 Å². The minimum absolute atomic E-state index is 0.0321. The molecule has 0 radical (unpaired) electrons. The Bertz CT molecular complexity index is 2170. The molecule has 0 bridgehead atoms. The number of aromatic hydroxyl groups is 1. The number of anilines is 3. The summed E-state index contributed by atoms with van der Waals surface area (Å²) >= 11 is 0. The van der Waals surface area contributed by atoms with E-state index in [0.717, 1.165) is 61.8 Å². The molecule has 0 saturated carbocycles. The smallest absolute Gasteiger partial charge is 0.255 e. The van der Waals surface area contributed by atoms with E-state index in [1.165, 1.54) is 17.2 Å². The number of para-hydroxylation sites is 1. The van der Waals surface area contributed by atoms with E-state index in [4.69, 9.17) is 4.74 Å². The number of amides is 3. The number of piperazine rings is 1. The molecule has 0 aliphatic carbocycles. The predicted octanol–water partition coefficient (Wildman–Crippen LogP) is 3.83. The minimum atomic E-state index is -0.698. The number of nitrogens with zero attached hydrogens (tertiary/aromatic N) is 6. The van der Waals surface area contributed by atoms with Gasteiger partial charge in [0.05, 0.1) is 24.0 Å². The monoisotopic (exact) mass is 732 g/mol. The van der Waals surface area contributed by atoms with Gasteiger partial charge in [0.2, 0.25) is 11.8 Å². The zero-order valence-electron chi connectivity index (χ0n) is 29.9. The second-order valence-corrected chi connectivity index (χ2v) is 14.9. The van der Waals surface area contributed by atoms with Crippen molar-refractivity contribution in [1.82, 2.24) is 25.3 Å². The molecule has 9 rings (SSSR count). The highest BCUT2D eigenvalue weighted by molar-refractivity contribution is 6.05.